The normalized spacial score (nSPS) is 14.9. The van der Waals surface area contributed by atoms with E-state index in [-0.39, 0.29) is 11.3 Å². The first-order chi connectivity index (χ1) is 12.9. The van der Waals surface area contributed by atoms with Gasteiger partial charge in [0.05, 0.1) is 11.6 Å². The molecule has 140 valence electrons. The molecule has 3 aromatic rings. The molecule has 0 spiro atoms. The first kappa shape index (κ1) is 17.9. The van der Waals surface area contributed by atoms with Gasteiger partial charge in [0.1, 0.15) is 12.4 Å². The fourth-order valence-electron chi connectivity index (χ4n) is 3.17. The molecule has 4 rings (SSSR count). The number of fused-ring (bicyclic) bond motifs is 1. The van der Waals surface area contributed by atoms with Gasteiger partial charge in [-0.2, -0.15) is 0 Å². The molecule has 0 radical (unpaired) electrons. The molecule has 1 amide bonds. The van der Waals surface area contributed by atoms with E-state index in [1.165, 1.54) is 5.56 Å². The fourth-order valence-corrected chi connectivity index (χ4v) is 3.39. The number of ether oxygens (including phenoxy) is 1. The van der Waals surface area contributed by atoms with Crippen LogP contribution in [0, 0.1) is 12.3 Å². The van der Waals surface area contributed by atoms with Crippen LogP contribution in [0.1, 0.15) is 36.6 Å². The Bertz CT molecular complexity index is 1000. The average molecular weight is 383 g/mol. The van der Waals surface area contributed by atoms with Crippen LogP contribution in [0.25, 0.3) is 10.9 Å². The lowest BCUT2D eigenvalue weighted by Gasteiger charge is -2.09. The van der Waals surface area contributed by atoms with Crippen LogP contribution in [0.4, 0.5) is 0 Å². The first-order valence-corrected chi connectivity index (χ1v) is 9.59. The lowest BCUT2D eigenvalue weighted by atomic mass is 10.1. The van der Waals surface area contributed by atoms with Gasteiger partial charge in [0.2, 0.25) is 5.91 Å². The summed E-state index contributed by atoms with van der Waals surface area (Å²) < 4.78 is 5.92. The zero-order valence-corrected chi connectivity index (χ0v) is 16.3. The van der Waals surface area contributed by atoms with Crippen LogP contribution in [0.5, 0.6) is 5.75 Å². The number of aromatic amines is 1. The van der Waals surface area contributed by atoms with Crippen LogP contribution >= 0.6 is 11.6 Å². The third kappa shape index (κ3) is 3.96. The van der Waals surface area contributed by atoms with E-state index in [2.05, 4.69) is 29.4 Å². The van der Waals surface area contributed by atoms with Gasteiger partial charge in [-0.3, -0.25) is 4.79 Å². The summed E-state index contributed by atoms with van der Waals surface area (Å²) in [7, 11) is 0. The smallest absolute Gasteiger partial charge is 0.226 e. The van der Waals surface area contributed by atoms with Crippen LogP contribution < -0.4 is 10.1 Å². The molecule has 4 nitrogen and oxygen atoms in total. The highest BCUT2D eigenvalue weighted by atomic mass is 35.5. The van der Waals surface area contributed by atoms with E-state index in [1.807, 2.05) is 37.3 Å². The molecule has 1 saturated carbocycles. The molecule has 2 aromatic carbocycles. The summed E-state index contributed by atoms with van der Waals surface area (Å²) in [5.74, 6) is 0.773. The molecule has 0 atom stereocenters. The molecule has 0 unspecified atom stereocenters. The van der Waals surface area contributed by atoms with Crippen molar-refractivity contribution < 1.29 is 9.53 Å². The van der Waals surface area contributed by atoms with Gasteiger partial charge < -0.3 is 15.0 Å². The summed E-state index contributed by atoms with van der Waals surface area (Å²) in [4.78, 5) is 15.4. The molecular formula is C22H23ClN2O2. The van der Waals surface area contributed by atoms with Crippen LogP contribution in [-0.2, 0) is 17.9 Å². The van der Waals surface area contributed by atoms with E-state index < -0.39 is 0 Å². The number of hydrogen-bond donors (Lipinski definition) is 2. The van der Waals surface area contributed by atoms with Crippen molar-refractivity contribution in [2.24, 2.45) is 5.41 Å². The summed E-state index contributed by atoms with van der Waals surface area (Å²) in [5, 5.41) is 4.59. The number of aryl methyl sites for hydroxylation is 1. The van der Waals surface area contributed by atoms with Gasteiger partial charge in [-0.1, -0.05) is 48.4 Å². The zero-order chi connectivity index (χ0) is 19.0. The third-order valence-electron chi connectivity index (χ3n) is 5.19. The molecule has 1 fully saturated rings. The molecule has 0 aliphatic heterocycles. The maximum Gasteiger partial charge on any atom is 0.226 e. The van der Waals surface area contributed by atoms with Crippen molar-refractivity contribution in [1.82, 2.24) is 10.3 Å². The number of aromatic nitrogens is 1. The number of amides is 1. The molecular weight excluding hydrogens is 360 g/mol. The number of halogens is 1. The predicted molar refractivity (Wildman–Crippen MR) is 108 cm³/mol. The Kier molecular flexibility index (Phi) is 4.60. The van der Waals surface area contributed by atoms with Gasteiger partial charge in [0, 0.05) is 28.1 Å². The number of rotatable bonds is 6. The Morgan fingerprint density at radius 3 is 2.81 bits per heavy atom. The zero-order valence-electron chi connectivity index (χ0n) is 15.6. The minimum absolute atomic E-state index is 0.126. The largest absolute Gasteiger partial charge is 0.487 e. The lowest BCUT2D eigenvalue weighted by Crippen LogP contribution is -2.29. The van der Waals surface area contributed by atoms with Gasteiger partial charge in [-0.25, -0.2) is 0 Å². The van der Waals surface area contributed by atoms with Crippen molar-refractivity contribution in [2.75, 3.05) is 0 Å². The Morgan fingerprint density at radius 2 is 2.07 bits per heavy atom. The SMILES string of the molecule is Cc1cccc(COc2cc3[nH]c(CNC(=O)C4(C)CC4)cc3cc2Cl)c1. The summed E-state index contributed by atoms with van der Waals surface area (Å²) in [6, 6.07) is 14.0. The Hall–Kier alpha value is -2.46. The Balaban J connectivity index is 1.46. The number of nitrogens with one attached hydrogen (secondary N) is 2. The van der Waals surface area contributed by atoms with E-state index >= 15 is 0 Å². The lowest BCUT2D eigenvalue weighted by molar-refractivity contribution is -0.125. The number of carbonyl (C=O) groups is 1. The van der Waals surface area contributed by atoms with Crippen molar-refractivity contribution >= 4 is 28.4 Å². The molecule has 1 aromatic heterocycles. The first-order valence-electron chi connectivity index (χ1n) is 9.21. The van der Waals surface area contributed by atoms with Crippen molar-refractivity contribution in [1.29, 1.82) is 0 Å². The van der Waals surface area contributed by atoms with Crippen LogP contribution in [0.3, 0.4) is 0 Å². The maximum absolute atomic E-state index is 12.1. The van der Waals surface area contributed by atoms with Gasteiger partial charge >= 0.3 is 0 Å². The van der Waals surface area contributed by atoms with E-state index in [9.17, 15) is 4.79 Å². The van der Waals surface area contributed by atoms with Gasteiger partial charge in [-0.05, 0) is 37.5 Å². The molecule has 1 aliphatic rings. The molecule has 27 heavy (non-hydrogen) atoms. The average Bonchev–Trinajstić information content (AvgIpc) is 3.27. The van der Waals surface area contributed by atoms with Crippen molar-refractivity contribution in [3.05, 3.63) is 64.3 Å². The quantitative estimate of drug-likeness (QED) is 0.621. The second-order valence-corrected chi connectivity index (χ2v) is 8.09. The maximum atomic E-state index is 12.1. The Labute approximate surface area is 163 Å². The second kappa shape index (κ2) is 6.93. The summed E-state index contributed by atoms with van der Waals surface area (Å²) in [6.45, 7) is 5.02. The number of H-pyrrole nitrogens is 1. The van der Waals surface area contributed by atoms with E-state index in [1.54, 1.807) is 0 Å². The van der Waals surface area contributed by atoms with Crippen molar-refractivity contribution in [2.45, 2.75) is 39.8 Å². The highest BCUT2D eigenvalue weighted by Gasteiger charge is 2.44. The fraction of sp³-hybridized carbons (Fsp3) is 0.318. The molecule has 1 aliphatic carbocycles. The third-order valence-corrected chi connectivity index (χ3v) is 5.49. The highest BCUT2D eigenvalue weighted by molar-refractivity contribution is 6.32. The van der Waals surface area contributed by atoms with Crippen molar-refractivity contribution in [3.63, 3.8) is 0 Å². The predicted octanol–water partition coefficient (Wildman–Crippen LogP) is 5.13. The van der Waals surface area contributed by atoms with E-state index in [0.717, 1.165) is 35.0 Å². The molecule has 1 heterocycles. The van der Waals surface area contributed by atoms with E-state index in [0.29, 0.717) is 23.9 Å². The summed E-state index contributed by atoms with van der Waals surface area (Å²) in [6.07, 6.45) is 1.95. The minimum Gasteiger partial charge on any atom is -0.487 e. The molecule has 0 saturated heterocycles. The number of carbonyl (C=O) groups excluding carboxylic acids is 1. The molecule has 5 heteroatoms. The van der Waals surface area contributed by atoms with Crippen LogP contribution in [0.15, 0.2) is 42.5 Å². The van der Waals surface area contributed by atoms with Crippen molar-refractivity contribution in [3.8, 4) is 5.75 Å². The summed E-state index contributed by atoms with van der Waals surface area (Å²) in [5.41, 5.74) is 4.05. The van der Waals surface area contributed by atoms with Gasteiger partial charge in [0.15, 0.2) is 0 Å². The van der Waals surface area contributed by atoms with Crippen LogP contribution in [-0.4, -0.2) is 10.9 Å². The highest BCUT2D eigenvalue weighted by Crippen LogP contribution is 2.45. The van der Waals surface area contributed by atoms with Crippen LogP contribution in [0.2, 0.25) is 5.02 Å². The molecule has 0 bridgehead atoms. The monoisotopic (exact) mass is 382 g/mol. The topological polar surface area (TPSA) is 54.1 Å². The number of hydrogen-bond acceptors (Lipinski definition) is 2. The Morgan fingerprint density at radius 1 is 1.26 bits per heavy atom. The standard InChI is InChI=1S/C22H23ClN2O2/c1-14-4-3-5-15(8-14)13-27-20-11-19-16(10-18(20)23)9-17(25-19)12-24-21(26)22(2)6-7-22/h3-5,8-11,25H,6-7,12-13H2,1-2H3,(H,24,26). The number of benzene rings is 2. The molecule has 2 N–H and O–H groups in total. The van der Waals surface area contributed by atoms with Gasteiger partial charge in [-0.15, -0.1) is 0 Å². The summed E-state index contributed by atoms with van der Waals surface area (Å²) >= 11 is 6.40. The minimum atomic E-state index is -0.161. The second-order valence-electron chi connectivity index (χ2n) is 7.69. The van der Waals surface area contributed by atoms with E-state index in [4.69, 9.17) is 16.3 Å². The van der Waals surface area contributed by atoms with Gasteiger partial charge in [0.25, 0.3) is 0 Å².